The number of rotatable bonds is 6. The molecular weight excluding hydrogens is 332 g/mol. The smallest absolute Gasteiger partial charge is 0.246 e. The van der Waals surface area contributed by atoms with Gasteiger partial charge in [-0.1, -0.05) is 34.0 Å². The number of carbonyl (C=O) groups is 1. The van der Waals surface area contributed by atoms with Crippen LogP contribution in [0.3, 0.4) is 0 Å². The molecule has 0 saturated heterocycles. The van der Waals surface area contributed by atoms with Gasteiger partial charge in [-0.3, -0.25) is 4.79 Å². The van der Waals surface area contributed by atoms with Crippen LogP contribution in [0.1, 0.15) is 23.6 Å². The molecule has 0 radical (unpaired) electrons. The van der Waals surface area contributed by atoms with E-state index in [0.29, 0.717) is 41.0 Å². The molecule has 1 aromatic carbocycles. The molecule has 7 nitrogen and oxygen atoms in total. The van der Waals surface area contributed by atoms with E-state index in [4.69, 9.17) is 20.6 Å². The second kappa shape index (κ2) is 7.27. The lowest BCUT2D eigenvalue weighted by Crippen LogP contribution is -2.23. The van der Waals surface area contributed by atoms with E-state index in [0.717, 1.165) is 5.56 Å². The SMILES string of the molecule is Cc1cc(-c2noc(CNC(=O)CCc3cccc(Cl)c3)n2)no1. The summed E-state index contributed by atoms with van der Waals surface area (Å²) in [6.07, 6.45) is 0.962. The predicted molar refractivity (Wildman–Crippen MR) is 86.2 cm³/mol. The maximum atomic E-state index is 11.9. The number of benzene rings is 1. The summed E-state index contributed by atoms with van der Waals surface area (Å²) in [6.45, 7) is 1.94. The van der Waals surface area contributed by atoms with Crippen LogP contribution in [0.25, 0.3) is 11.5 Å². The molecule has 24 heavy (non-hydrogen) atoms. The van der Waals surface area contributed by atoms with Gasteiger partial charge in [0.05, 0.1) is 6.54 Å². The van der Waals surface area contributed by atoms with Gasteiger partial charge in [0.15, 0.2) is 5.69 Å². The second-order valence-corrected chi connectivity index (χ2v) is 5.68. The molecule has 0 aliphatic carbocycles. The van der Waals surface area contributed by atoms with Crippen molar-refractivity contribution in [3.63, 3.8) is 0 Å². The van der Waals surface area contributed by atoms with Gasteiger partial charge < -0.3 is 14.4 Å². The van der Waals surface area contributed by atoms with Crippen LogP contribution < -0.4 is 5.32 Å². The predicted octanol–water partition coefficient (Wildman–Crippen LogP) is 2.94. The Bertz CT molecular complexity index is 843. The average molecular weight is 347 g/mol. The van der Waals surface area contributed by atoms with E-state index in [1.165, 1.54) is 0 Å². The Kier molecular flexibility index (Phi) is 4.90. The van der Waals surface area contributed by atoms with Crippen molar-refractivity contribution in [1.82, 2.24) is 20.6 Å². The summed E-state index contributed by atoms with van der Waals surface area (Å²) in [5.74, 6) is 1.19. The minimum atomic E-state index is -0.105. The molecule has 2 heterocycles. The zero-order chi connectivity index (χ0) is 16.9. The molecule has 0 bridgehead atoms. The standard InChI is InChI=1S/C16H15ClN4O3/c1-10-7-13(20-23-10)16-19-15(24-21-16)9-18-14(22)6-5-11-3-2-4-12(17)8-11/h2-4,7-8H,5-6,9H2,1H3,(H,18,22). The molecule has 0 aliphatic rings. The van der Waals surface area contributed by atoms with Crippen molar-refractivity contribution in [2.45, 2.75) is 26.3 Å². The lowest BCUT2D eigenvalue weighted by Gasteiger charge is -2.03. The first-order chi connectivity index (χ1) is 11.6. The van der Waals surface area contributed by atoms with Crippen LogP contribution >= 0.6 is 11.6 Å². The normalized spacial score (nSPS) is 10.8. The molecule has 3 aromatic rings. The van der Waals surface area contributed by atoms with Crippen LogP contribution in [-0.4, -0.2) is 21.2 Å². The number of carbonyl (C=O) groups excluding carboxylic acids is 1. The van der Waals surface area contributed by atoms with Crippen molar-refractivity contribution in [2.75, 3.05) is 0 Å². The van der Waals surface area contributed by atoms with Crippen LogP contribution in [-0.2, 0) is 17.8 Å². The summed E-state index contributed by atoms with van der Waals surface area (Å²) < 4.78 is 10.0. The van der Waals surface area contributed by atoms with Crippen LogP contribution in [0.15, 0.2) is 39.4 Å². The summed E-state index contributed by atoms with van der Waals surface area (Å²) in [7, 11) is 0. The van der Waals surface area contributed by atoms with Gasteiger partial charge in [-0.05, 0) is 31.0 Å². The highest BCUT2D eigenvalue weighted by atomic mass is 35.5. The van der Waals surface area contributed by atoms with Gasteiger partial charge in [0.1, 0.15) is 5.76 Å². The van der Waals surface area contributed by atoms with E-state index in [9.17, 15) is 4.79 Å². The van der Waals surface area contributed by atoms with Crippen LogP contribution in [0.5, 0.6) is 0 Å². The Balaban J connectivity index is 1.49. The molecule has 0 aliphatic heterocycles. The Labute approximate surface area is 143 Å². The molecule has 1 N–H and O–H groups in total. The quantitative estimate of drug-likeness (QED) is 0.737. The first-order valence-corrected chi connectivity index (χ1v) is 7.75. The monoisotopic (exact) mass is 346 g/mol. The number of aryl methyl sites for hydroxylation is 2. The number of nitrogens with one attached hydrogen (secondary N) is 1. The maximum Gasteiger partial charge on any atom is 0.246 e. The van der Waals surface area contributed by atoms with Crippen molar-refractivity contribution < 1.29 is 13.8 Å². The lowest BCUT2D eigenvalue weighted by molar-refractivity contribution is -0.121. The minimum absolute atomic E-state index is 0.105. The van der Waals surface area contributed by atoms with Crippen molar-refractivity contribution in [3.8, 4) is 11.5 Å². The number of halogens is 1. The third-order valence-electron chi connectivity index (χ3n) is 3.29. The number of amides is 1. The maximum absolute atomic E-state index is 11.9. The number of hydrogen-bond acceptors (Lipinski definition) is 6. The lowest BCUT2D eigenvalue weighted by atomic mass is 10.1. The molecule has 0 spiro atoms. The number of nitrogens with zero attached hydrogens (tertiary/aromatic N) is 3. The Morgan fingerprint density at radius 1 is 1.25 bits per heavy atom. The highest BCUT2D eigenvalue weighted by Gasteiger charge is 2.13. The fourth-order valence-corrected chi connectivity index (χ4v) is 2.33. The van der Waals surface area contributed by atoms with E-state index < -0.39 is 0 Å². The molecule has 0 saturated carbocycles. The van der Waals surface area contributed by atoms with E-state index in [1.807, 2.05) is 18.2 Å². The largest absolute Gasteiger partial charge is 0.361 e. The van der Waals surface area contributed by atoms with Gasteiger partial charge in [0.2, 0.25) is 17.6 Å². The molecule has 2 aromatic heterocycles. The first kappa shape index (κ1) is 16.2. The highest BCUT2D eigenvalue weighted by Crippen LogP contribution is 2.15. The molecule has 0 fully saturated rings. The van der Waals surface area contributed by atoms with E-state index in [2.05, 4.69) is 20.6 Å². The molecule has 8 heteroatoms. The highest BCUT2D eigenvalue weighted by molar-refractivity contribution is 6.30. The van der Waals surface area contributed by atoms with Gasteiger partial charge in [-0.2, -0.15) is 4.98 Å². The molecule has 0 atom stereocenters. The van der Waals surface area contributed by atoms with Crippen LogP contribution in [0.4, 0.5) is 0 Å². The van der Waals surface area contributed by atoms with E-state index in [1.54, 1.807) is 19.1 Å². The summed E-state index contributed by atoms with van der Waals surface area (Å²) in [5.41, 5.74) is 1.51. The topological polar surface area (TPSA) is 94.1 Å². The Morgan fingerprint density at radius 2 is 2.12 bits per heavy atom. The Morgan fingerprint density at radius 3 is 2.88 bits per heavy atom. The van der Waals surface area contributed by atoms with Gasteiger partial charge in [-0.25, -0.2) is 0 Å². The summed E-state index contributed by atoms with van der Waals surface area (Å²) in [5, 5.41) is 11.0. The zero-order valence-corrected chi connectivity index (χ0v) is 13.7. The van der Waals surface area contributed by atoms with Crippen molar-refractivity contribution in [2.24, 2.45) is 0 Å². The summed E-state index contributed by atoms with van der Waals surface area (Å²) in [4.78, 5) is 16.1. The molecule has 0 unspecified atom stereocenters. The van der Waals surface area contributed by atoms with Gasteiger partial charge in [0.25, 0.3) is 0 Å². The molecule has 124 valence electrons. The molecule has 1 amide bonds. The van der Waals surface area contributed by atoms with Gasteiger partial charge in [-0.15, -0.1) is 0 Å². The van der Waals surface area contributed by atoms with Gasteiger partial charge >= 0.3 is 0 Å². The zero-order valence-electron chi connectivity index (χ0n) is 13.0. The summed E-state index contributed by atoms with van der Waals surface area (Å²) >= 11 is 5.92. The van der Waals surface area contributed by atoms with E-state index >= 15 is 0 Å². The average Bonchev–Trinajstić information content (AvgIpc) is 3.20. The van der Waals surface area contributed by atoms with Crippen molar-refractivity contribution in [1.29, 1.82) is 0 Å². The number of aromatic nitrogens is 3. The van der Waals surface area contributed by atoms with Gasteiger partial charge in [0, 0.05) is 17.5 Å². The second-order valence-electron chi connectivity index (χ2n) is 5.24. The Hall–Kier alpha value is -2.67. The van der Waals surface area contributed by atoms with Crippen LogP contribution in [0, 0.1) is 6.92 Å². The van der Waals surface area contributed by atoms with Crippen LogP contribution in [0.2, 0.25) is 5.02 Å². The fourth-order valence-electron chi connectivity index (χ4n) is 2.12. The fraction of sp³-hybridized carbons (Fsp3) is 0.250. The summed E-state index contributed by atoms with van der Waals surface area (Å²) in [6, 6.07) is 9.15. The van der Waals surface area contributed by atoms with E-state index in [-0.39, 0.29) is 12.5 Å². The third-order valence-corrected chi connectivity index (χ3v) is 3.53. The molecule has 3 rings (SSSR count). The van der Waals surface area contributed by atoms with Crippen molar-refractivity contribution >= 4 is 17.5 Å². The number of hydrogen-bond donors (Lipinski definition) is 1. The first-order valence-electron chi connectivity index (χ1n) is 7.37. The molecular formula is C16H15ClN4O3. The van der Waals surface area contributed by atoms with Crippen molar-refractivity contribution in [3.05, 3.63) is 52.6 Å². The minimum Gasteiger partial charge on any atom is -0.361 e. The third kappa shape index (κ3) is 4.20.